The third-order valence-corrected chi connectivity index (χ3v) is 0.322. The largest absolute Gasteiger partial charge is 0.573 e. The molecule has 0 aromatic carbocycles. The summed E-state index contributed by atoms with van der Waals surface area (Å²) in [5, 5.41) is 11.0. The van der Waals surface area contributed by atoms with E-state index >= 15 is 0 Å². The molecule has 0 bridgehead atoms. The predicted molar refractivity (Wildman–Crippen MR) is 20.3 cm³/mol. The van der Waals surface area contributed by atoms with Crippen molar-refractivity contribution in [1.82, 2.24) is 5.53 Å². The highest BCUT2D eigenvalue weighted by Crippen LogP contribution is 1.36. The first-order chi connectivity index (χ1) is 3.31. The van der Waals surface area contributed by atoms with E-state index < -0.39 is 5.34 Å². The Balaban J connectivity index is 2.98. The Bertz CT molecular complexity index is 56.1. The van der Waals surface area contributed by atoms with E-state index in [1.807, 2.05) is 5.29 Å². The van der Waals surface area contributed by atoms with Gasteiger partial charge in [-0.2, -0.15) is 4.84 Å². The van der Waals surface area contributed by atoms with Crippen molar-refractivity contribution >= 4 is 0 Å². The maximum Gasteiger partial charge on any atom is 0.102 e. The van der Waals surface area contributed by atoms with Crippen molar-refractivity contribution < 1.29 is 10.2 Å². The molecule has 0 aromatic heterocycles. The van der Waals surface area contributed by atoms with Gasteiger partial charge >= 0.3 is 0 Å². The van der Waals surface area contributed by atoms with Gasteiger partial charge in [0.2, 0.25) is 0 Å². The minimum Gasteiger partial charge on any atom is -0.573 e. The van der Waals surface area contributed by atoms with Crippen LogP contribution in [0.1, 0.15) is 0 Å². The summed E-state index contributed by atoms with van der Waals surface area (Å²) in [6, 6.07) is 0. The highest BCUT2D eigenvalue weighted by atomic mass is 16.9. The van der Waals surface area contributed by atoms with Crippen molar-refractivity contribution in [3.63, 3.8) is 0 Å². The van der Waals surface area contributed by atoms with Crippen LogP contribution in [0.3, 0.4) is 0 Å². The fourth-order valence-corrected chi connectivity index (χ4v) is 0.0829. The lowest BCUT2D eigenvalue weighted by atomic mass is 11.7. The maximum absolute atomic E-state index is 9.78. The van der Waals surface area contributed by atoms with Gasteiger partial charge in [0.25, 0.3) is 0 Å². The average Bonchev–Trinajstić information content (AvgIpc) is 1.68. The summed E-state index contributed by atoms with van der Waals surface area (Å²) in [5.41, 5.74) is 1.50. The molecule has 0 spiro atoms. The van der Waals surface area contributed by atoms with Crippen LogP contribution in [0.25, 0.3) is 0 Å². The molecular formula is CH5N3O3. The van der Waals surface area contributed by atoms with Gasteiger partial charge in [0, 0.05) is 0 Å². The van der Waals surface area contributed by atoms with Crippen molar-refractivity contribution in [2.75, 3.05) is 7.11 Å². The molecule has 2 N–H and O–H groups in total. The number of nitrogens with one attached hydrogen (secondary N) is 2. The van der Waals surface area contributed by atoms with Gasteiger partial charge in [0.05, 0.1) is 7.11 Å². The van der Waals surface area contributed by atoms with Gasteiger partial charge in [-0.25, -0.2) is 0 Å². The number of nitrogens with zero attached hydrogens (tertiary/aromatic N) is 1. The molecule has 0 amide bonds. The van der Waals surface area contributed by atoms with Crippen LogP contribution < -0.4 is 10.9 Å². The zero-order valence-electron chi connectivity index (χ0n) is 3.67. The summed E-state index contributed by atoms with van der Waals surface area (Å²) in [4.78, 5) is 13.1. The van der Waals surface area contributed by atoms with E-state index in [-0.39, 0.29) is 0 Å². The van der Waals surface area contributed by atoms with Crippen LogP contribution in [0.4, 0.5) is 0 Å². The lowest BCUT2D eigenvalue weighted by molar-refractivity contribution is -1.08. The smallest absolute Gasteiger partial charge is 0.102 e. The topological polar surface area (TPSA) is 78.2 Å². The van der Waals surface area contributed by atoms with Crippen molar-refractivity contribution in [2.45, 2.75) is 0 Å². The fraction of sp³-hybridized carbons (Fsp3) is 1.00. The Labute approximate surface area is 39.5 Å². The third-order valence-electron chi connectivity index (χ3n) is 0.322. The Kier molecular flexibility index (Phi) is 3.11. The summed E-state index contributed by atoms with van der Waals surface area (Å²) >= 11 is 0. The highest BCUT2D eigenvalue weighted by Gasteiger charge is 1.83. The summed E-state index contributed by atoms with van der Waals surface area (Å²) in [5.74, 6) is 0. The van der Waals surface area contributed by atoms with Gasteiger partial charge in [-0.3, -0.25) is 0 Å². The quantitative estimate of drug-likeness (QED) is 0.326. The first-order valence-corrected chi connectivity index (χ1v) is 1.47. The monoisotopic (exact) mass is 107 g/mol. The SMILES string of the molecule is CO[NH+]([O-])NN=O. The molecule has 7 heavy (non-hydrogen) atoms. The van der Waals surface area contributed by atoms with Crippen LogP contribution in [0.5, 0.6) is 0 Å². The van der Waals surface area contributed by atoms with E-state index in [0.717, 1.165) is 7.11 Å². The standard InChI is InChI=1S/CH5N3O3/c1-7-4(6)2-3-5/h4H,1H3,(H,2,5). The van der Waals surface area contributed by atoms with Gasteiger partial charge in [-0.05, 0) is 0 Å². The summed E-state index contributed by atoms with van der Waals surface area (Å²) in [6.45, 7) is 0. The molecule has 6 heteroatoms. The van der Waals surface area contributed by atoms with Crippen molar-refractivity contribution in [1.29, 1.82) is 0 Å². The second-order valence-corrected chi connectivity index (χ2v) is 0.695. The number of rotatable bonds is 3. The molecule has 0 heterocycles. The van der Waals surface area contributed by atoms with E-state index in [1.165, 1.54) is 5.53 Å². The second-order valence-electron chi connectivity index (χ2n) is 0.695. The van der Waals surface area contributed by atoms with Gasteiger partial charge in [0.15, 0.2) is 0 Å². The van der Waals surface area contributed by atoms with E-state index in [1.54, 1.807) is 0 Å². The molecule has 0 aliphatic carbocycles. The Morgan fingerprint density at radius 3 is 2.71 bits per heavy atom. The molecule has 0 aromatic rings. The number of nitroso groups, excluding NO2 is 1. The first-order valence-electron chi connectivity index (χ1n) is 1.47. The molecule has 1 unspecified atom stereocenters. The molecule has 42 valence electrons. The Morgan fingerprint density at radius 1 is 2.00 bits per heavy atom. The minimum absolute atomic E-state index is 0.852. The molecule has 0 fully saturated rings. The number of hydrogen-bond acceptors (Lipinski definition) is 4. The average molecular weight is 107 g/mol. The van der Waals surface area contributed by atoms with E-state index in [2.05, 4.69) is 4.84 Å². The lowest BCUT2D eigenvalue weighted by Gasteiger charge is -2.10. The molecule has 0 radical (unpaired) electrons. The van der Waals surface area contributed by atoms with Gasteiger partial charge in [0.1, 0.15) is 5.29 Å². The molecule has 1 atom stereocenters. The highest BCUT2D eigenvalue weighted by molar-refractivity contribution is 4.00. The number of quaternary nitrogens is 1. The molecule has 0 aliphatic rings. The van der Waals surface area contributed by atoms with Gasteiger partial charge < -0.3 is 5.21 Å². The van der Waals surface area contributed by atoms with E-state index in [9.17, 15) is 5.21 Å². The van der Waals surface area contributed by atoms with E-state index in [0.29, 0.717) is 0 Å². The van der Waals surface area contributed by atoms with Gasteiger partial charge in [-0.1, -0.05) is 5.53 Å². The van der Waals surface area contributed by atoms with E-state index in [4.69, 9.17) is 4.91 Å². The van der Waals surface area contributed by atoms with Crippen LogP contribution in [0.15, 0.2) is 5.29 Å². The summed E-state index contributed by atoms with van der Waals surface area (Å²) in [6.07, 6.45) is 0. The Morgan fingerprint density at radius 2 is 2.57 bits per heavy atom. The van der Waals surface area contributed by atoms with Crippen LogP contribution in [-0.4, -0.2) is 7.11 Å². The minimum atomic E-state index is -0.852. The molecule has 0 saturated heterocycles. The van der Waals surface area contributed by atoms with Crippen LogP contribution in [-0.2, 0) is 4.84 Å². The fourth-order valence-electron chi connectivity index (χ4n) is 0.0829. The maximum atomic E-state index is 9.78. The van der Waals surface area contributed by atoms with Crippen LogP contribution in [0.2, 0.25) is 0 Å². The lowest BCUT2D eigenvalue weighted by Crippen LogP contribution is -3.12. The summed E-state index contributed by atoms with van der Waals surface area (Å²) < 4.78 is 0. The second kappa shape index (κ2) is 3.47. The molecule has 0 aliphatic heterocycles. The molecule has 6 nitrogen and oxygen atoms in total. The molecule has 0 rings (SSSR count). The molecule has 0 saturated carbocycles. The van der Waals surface area contributed by atoms with Crippen molar-refractivity contribution in [3.05, 3.63) is 10.1 Å². The predicted octanol–water partition coefficient (Wildman–Crippen LogP) is -1.88. The van der Waals surface area contributed by atoms with Crippen molar-refractivity contribution in [3.8, 4) is 0 Å². The number of hydrogen-bond donors (Lipinski definition) is 2. The van der Waals surface area contributed by atoms with Gasteiger partial charge in [-0.15, -0.1) is 10.2 Å². The zero-order valence-corrected chi connectivity index (χ0v) is 3.67. The van der Waals surface area contributed by atoms with Crippen LogP contribution in [0, 0.1) is 10.1 Å². The molecular weight excluding hydrogens is 102 g/mol. The third kappa shape index (κ3) is 3.10. The zero-order chi connectivity index (χ0) is 5.70. The summed E-state index contributed by atoms with van der Waals surface area (Å²) in [7, 11) is 1.14. The first kappa shape index (κ1) is 6.28. The normalized spacial score (nSPS) is 12.9. The van der Waals surface area contributed by atoms with Crippen molar-refractivity contribution in [2.24, 2.45) is 5.29 Å². The Hall–Kier alpha value is -0.720. The van der Waals surface area contributed by atoms with Crippen LogP contribution >= 0.6 is 0 Å².